The number of carboxylic acids is 1. The molecule has 0 spiro atoms. The molecule has 0 unspecified atom stereocenters. The third-order valence-electron chi connectivity index (χ3n) is 2.73. The van der Waals surface area contributed by atoms with Gasteiger partial charge in [0.2, 0.25) is 5.91 Å². The Morgan fingerprint density at radius 1 is 1.28 bits per heavy atom. The van der Waals surface area contributed by atoms with Crippen molar-refractivity contribution in [1.82, 2.24) is 5.32 Å². The molecular formula is C13H18N2O3. The van der Waals surface area contributed by atoms with Gasteiger partial charge in [0.25, 0.3) is 0 Å². The minimum Gasteiger partial charge on any atom is -0.480 e. The second-order valence-electron chi connectivity index (χ2n) is 4.57. The van der Waals surface area contributed by atoms with Crippen molar-refractivity contribution < 1.29 is 14.7 Å². The zero-order valence-electron chi connectivity index (χ0n) is 10.8. The molecule has 1 aromatic rings. The Morgan fingerprint density at radius 3 is 2.33 bits per heavy atom. The minimum absolute atomic E-state index is 0.0231. The molecule has 0 fully saturated rings. The molecule has 0 saturated carbocycles. The average Bonchev–Trinajstić information content (AvgIpc) is 2.36. The van der Waals surface area contributed by atoms with E-state index in [0.717, 1.165) is 5.69 Å². The standard InChI is InChI=1S/C13H18N2O3/c1-13(2,12(17)18)14-9-11(16)15(3)10-7-5-4-6-8-10/h4-8,14H,9H2,1-3H3,(H,17,18). The smallest absolute Gasteiger partial charge is 0.323 e. The van der Waals surface area contributed by atoms with Crippen LogP contribution in [0.3, 0.4) is 0 Å². The van der Waals surface area contributed by atoms with Crippen LogP contribution in [0, 0.1) is 0 Å². The number of hydrogen-bond donors (Lipinski definition) is 2. The van der Waals surface area contributed by atoms with E-state index in [2.05, 4.69) is 5.32 Å². The van der Waals surface area contributed by atoms with Crippen molar-refractivity contribution in [2.45, 2.75) is 19.4 Å². The largest absolute Gasteiger partial charge is 0.480 e. The molecule has 0 heterocycles. The van der Waals surface area contributed by atoms with Crippen LogP contribution in [-0.4, -0.2) is 36.1 Å². The fraction of sp³-hybridized carbons (Fsp3) is 0.385. The second kappa shape index (κ2) is 5.64. The molecule has 0 bridgehead atoms. The molecule has 0 aliphatic rings. The summed E-state index contributed by atoms with van der Waals surface area (Å²) in [5.74, 6) is -1.17. The molecule has 0 aliphatic heterocycles. The molecule has 1 aromatic carbocycles. The quantitative estimate of drug-likeness (QED) is 0.821. The number of nitrogens with zero attached hydrogens (tertiary/aromatic N) is 1. The molecule has 2 N–H and O–H groups in total. The number of nitrogens with one attached hydrogen (secondary N) is 1. The van der Waals surface area contributed by atoms with E-state index in [0.29, 0.717) is 0 Å². The first-order valence-electron chi connectivity index (χ1n) is 5.64. The van der Waals surface area contributed by atoms with Gasteiger partial charge in [-0.05, 0) is 26.0 Å². The summed E-state index contributed by atoms with van der Waals surface area (Å²) in [7, 11) is 1.66. The second-order valence-corrected chi connectivity index (χ2v) is 4.57. The lowest BCUT2D eigenvalue weighted by Gasteiger charge is -2.23. The lowest BCUT2D eigenvalue weighted by molar-refractivity contribution is -0.143. The maximum Gasteiger partial charge on any atom is 0.323 e. The van der Waals surface area contributed by atoms with Gasteiger partial charge in [-0.15, -0.1) is 0 Å². The van der Waals surface area contributed by atoms with Gasteiger partial charge >= 0.3 is 5.97 Å². The topological polar surface area (TPSA) is 69.6 Å². The van der Waals surface area contributed by atoms with Gasteiger partial charge in [-0.2, -0.15) is 0 Å². The van der Waals surface area contributed by atoms with E-state index in [9.17, 15) is 9.59 Å². The third-order valence-corrected chi connectivity index (χ3v) is 2.73. The molecular weight excluding hydrogens is 232 g/mol. The Bertz CT molecular complexity index is 429. The van der Waals surface area contributed by atoms with Crippen LogP contribution in [0.25, 0.3) is 0 Å². The molecule has 18 heavy (non-hydrogen) atoms. The zero-order chi connectivity index (χ0) is 13.8. The van der Waals surface area contributed by atoms with Crippen molar-refractivity contribution in [2.24, 2.45) is 0 Å². The van der Waals surface area contributed by atoms with Gasteiger partial charge in [0.05, 0.1) is 6.54 Å². The Labute approximate surface area is 106 Å². The minimum atomic E-state index is -1.12. The SMILES string of the molecule is CN(C(=O)CNC(C)(C)C(=O)O)c1ccccc1. The van der Waals surface area contributed by atoms with Crippen molar-refractivity contribution in [1.29, 1.82) is 0 Å². The summed E-state index contributed by atoms with van der Waals surface area (Å²) in [6.45, 7) is 3.01. The van der Waals surface area contributed by atoms with Gasteiger partial charge in [-0.1, -0.05) is 18.2 Å². The number of amides is 1. The Morgan fingerprint density at radius 2 is 1.83 bits per heavy atom. The molecule has 1 rings (SSSR count). The molecule has 0 aliphatic carbocycles. The number of benzene rings is 1. The summed E-state index contributed by atoms with van der Waals surface area (Å²) in [6.07, 6.45) is 0. The van der Waals surface area contributed by atoms with E-state index in [1.807, 2.05) is 30.3 Å². The summed E-state index contributed by atoms with van der Waals surface area (Å²) in [5, 5.41) is 11.6. The predicted octanol–water partition coefficient (Wildman–Crippen LogP) is 1.10. The van der Waals surface area contributed by atoms with Crippen LogP contribution in [0.4, 0.5) is 5.69 Å². The summed E-state index contributed by atoms with van der Waals surface area (Å²) < 4.78 is 0. The monoisotopic (exact) mass is 250 g/mol. The van der Waals surface area contributed by atoms with Gasteiger partial charge < -0.3 is 10.0 Å². The highest BCUT2D eigenvalue weighted by atomic mass is 16.4. The molecule has 0 atom stereocenters. The third kappa shape index (κ3) is 3.56. The van der Waals surface area contributed by atoms with Crippen LogP contribution < -0.4 is 10.2 Å². The number of rotatable bonds is 5. The maximum atomic E-state index is 11.9. The highest BCUT2D eigenvalue weighted by molar-refractivity contribution is 5.94. The van der Waals surface area contributed by atoms with Gasteiger partial charge in [-0.3, -0.25) is 14.9 Å². The first kappa shape index (κ1) is 14.2. The Hall–Kier alpha value is -1.88. The fourth-order valence-corrected chi connectivity index (χ4v) is 1.29. The number of para-hydroxylation sites is 1. The molecule has 98 valence electrons. The van der Waals surface area contributed by atoms with Crippen molar-refractivity contribution in [2.75, 3.05) is 18.5 Å². The van der Waals surface area contributed by atoms with Crippen LogP contribution in [-0.2, 0) is 9.59 Å². The van der Waals surface area contributed by atoms with Crippen LogP contribution in [0.1, 0.15) is 13.8 Å². The molecule has 5 heteroatoms. The summed E-state index contributed by atoms with van der Waals surface area (Å²) >= 11 is 0. The fourth-order valence-electron chi connectivity index (χ4n) is 1.29. The lowest BCUT2D eigenvalue weighted by Crippen LogP contribution is -2.50. The van der Waals surface area contributed by atoms with E-state index in [-0.39, 0.29) is 12.5 Å². The van der Waals surface area contributed by atoms with Crippen LogP contribution in [0.2, 0.25) is 0 Å². The number of hydrogen-bond acceptors (Lipinski definition) is 3. The zero-order valence-corrected chi connectivity index (χ0v) is 10.8. The average molecular weight is 250 g/mol. The van der Waals surface area contributed by atoms with Crippen LogP contribution in [0.15, 0.2) is 30.3 Å². The summed E-state index contributed by atoms with van der Waals surface area (Å²) in [5.41, 5.74) is -0.342. The molecule has 0 radical (unpaired) electrons. The van der Waals surface area contributed by atoms with Crippen molar-refractivity contribution in [3.05, 3.63) is 30.3 Å². The highest BCUT2D eigenvalue weighted by Crippen LogP contribution is 2.11. The van der Waals surface area contributed by atoms with Crippen molar-refractivity contribution in [3.8, 4) is 0 Å². The number of anilines is 1. The number of aliphatic carboxylic acids is 1. The van der Waals surface area contributed by atoms with E-state index < -0.39 is 11.5 Å². The normalized spacial score (nSPS) is 11.1. The van der Waals surface area contributed by atoms with Gasteiger partial charge in [0.15, 0.2) is 0 Å². The molecule has 0 saturated heterocycles. The van der Waals surface area contributed by atoms with Gasteiger partial charge in [0.1, 0.15) is 5.54 Å². The number of carboxylic acid groups (broad SMARTS) is 1. The van der Waals surface area contributed by atoms with Crippen molar-refractivity contribution >= 4 is 17.6 Å². The first-order chi connectivity index (χ1) is 8.34. The number of carbonyl (C=O) groups excluding carboxylic acids is 1. The lowest BCUT2D eigenvalue weighted by atomic mass is 10.1. The van der Waals surface area contributed by atoms with E-state index >= 15 is 0 Å². The molecule has 0 aromatic heterocycles. The highest BCUT2D eigenvalue weighted by Gasteiger charge is 2.27. The van der Waals surface area contributed by atoms with E-state index in [1.54, 1.807) is 7.05 Å². The van der Waals surface area contributed by atoms with Crippen LogP contribution in [0.5, 0.6) is 0 Å². The predicted molar refractivity (Wildman–Crippen MR) is 69.6 cm³/mol. The van der Waals surface area contributed by atoms with E-state index in [4.69, 9.17) is 5.11 Å². The van der Waals surface area contributed by atoms with Crippen LogP contribution >= 0.6 is 0 Å². The summed E-state index contributed by atoms with van der Waals surface area (Å²) in [6, 6.07) is 9.19. The van der Waals surface area contributed by atoms with Gasteiger partial charge in [-0.25, -0.2) is 0 Å². The number of likely N-dealkylation sites (N-methyl/N-ethyl adjacent to an activating group) is 1. The van der Waals surface area contributed by atoms with E-state index in [1.165, 1.54) is 18.7 Å². The summed E-state index contributed by atoms with van der Waals surface area (Å²) in [4.78, 5) is 24.3. The molecule has 5 nitrogen and oxygen atoms in total. The number of carbonyl (C=O) groups is 2. The maximum absolute atomic E-state index is 11.9. The van der Waals surface area contributed by atoms with Crippen molar-refractivity contribution in [3.63, 3.8) is 0 Å². The first-order valence-corrected chi connectivity index (χ1v) is 5.64. The van der Waals surface area contributed by atoms with Gasteiger partial charge in [0, 0.05) is 12.7 Å². The molecule has 1 amide bonds. The Balaban J connectivity index is 2.59. The Kier molecular flexibility index (Phi) is 4.44.